The van der Waals surface area contributed by atoms with E-state index in [9.17, 15) is 14.4 Å². The molecule has 7 nitrogen and oxygen atoms in total. The first kappa shape index (κ1) is 18.1. The average molecular weight is 372 g/mol. The van der Waals surface area contributed by atoms with Crippen LogP contribution in [0.2, 0.25) is 0 Å². The maximum Gasteiger partial charge on any atom is 0.239 e. The number of anilines is 1. The van der Waals surface area contributed by atoms with Crippen molar-refractivity contribution in [1.82, 2.24) is 20.1 Å². The molecular formula is C19H25FN6O. The third kappa shape index (κ3) is 3.75. The molecule has 1 aromatic rings. The van der Waals surface area contributed by atoms with E-state index in [1.807, 2.05) is 0 Å². The van der Waals surface area contributed by atoms with Crippen molar-refractivity contribution < 1.29 is 9.18 Å². The Morgan fingerprint density at radius 3 is 2.81 bits per heavy atom. The van der Waals surface area contributed by atoms with Crippen LogP contribution in [0.1, 0.15) is 18.4 Å². The lowest BCUT2D eigenvalue weighted by atomic mass is 10.1. The molecule has 27 heavy (non-hydrogen) atoms. The summed E-state index contributed by atoms with van der Waals surface area (Å²) in [5.74, 6) is 0.801. The van der Waals surface area contributed by atoms with Gasteiger partial charge in [-0.05, 0) is 25.0 Å². The van der Waals surface area contributed by atoms with Crippen LogP contribution < -0.4 is 10.2 Å². The van der Waals surface area contributed by atoms with Crippen molar-refractivity contribution in [2.24, 2.45) is 0 Å². The number of pyridine rings is 1. The molecule has 0 radical (unpaired) electrons. The Kier molecular flexibility index (Phi) is 5.23. The van der Waals surface area contributed by atoms with E-state index in [1.165, 1.54) is 0 Å². The van der Waals surface area contributed by atoms with E-state index in [0.29, 0.717) is 24.6 Å². The fourth-order valence-electron chi connectivity index (χ4n) is 4.36. The fourth-order valence-corrected chi connectivity index (χ4v) is 4.36. The molecule has 8 heteroatoms. The molecule has 3 aliphatic rings. The molecule has 1 aromatic heterocycles. The largest absolute Gasteiger partial charge is 0.353 e. The molecule has 1 unspecified atom stereocenters. The predicted molar refractivity (Wildman–Crippen MR) is 99.0 cm³/mol. The standard InChI is InChI=1S/C19H25FN6O/c20-15-3-5-26(13-15)19(27)17-10-16(12-23-17)24-6-8-25(9-7-24)18-14(11-21)2-1-4-22-18/h1-2,4,15-17,23H,3,5-10,12-13H2/t15?,16-,17-/m0/s1. The molecule has 0 aliphatic carbocycles. The number of amides is 1. The first-order chi connectivity index (χ1) is 13.2. The number of nitrogens with one attached hydrogen (secondary N) is 1. The van der Waals surface area contributed by atoms with Crippen LogP contribution in [0.3, 0.4) is 0 Å². The summed E-state index contributed by atoms with van der Waals surface area (Å²) in [6.45, 7) is 4.96. The van der Waals surface area contributed by atoms with E-state index in [0.717, 1.165) is 45.0 Å². The number of nitriles is 1. The minimum absolute atomic E-state index is 0.0448. The van der Waals surface area contributed by atoms with Crippen molar-refractivity contribution in [1.29, 1.82) is 5.26 Å². The monoisotopic (exact) mass is 372 g/mol. The highest BCUT2D eigenvalue weighted by atomic mass is 19.1. The number of likely N-dealkylation sites (tertiary alicyclic amines) is 1. The molecule has 0 bridgehead atoms. The molecule has 4 heterocycles. The SMILES string of the molecule is N#Cc1cccnc1N1CCN([C@@H]2CN[C@H](C(=O)N3CCC(F)C3)C2)CC1. The molecule has 3 fully saturated rings. The Balaban J connectivity index is 1.30. The van der Waals surface area contributed by atoms with E-state index < -0.39 is 6.17 Å². The Labute approximate surface area is 158 Å². The normalized spacial score (nSPS) is 29.1. The number of nitrogens with zero attached hydrogens (tertiary/aromatic N) is 5. The van der Waals surface area contributed by atoms with Crippen LogP contribution in [-0.2, 0) is 4.79 Å². The highest BCUT2D eigenvalue weighted by Crippen LogP contribution is 2.23. The van der Waals surface area contributed by atoms with E-state index in [4.69, 9.17) is 0 Å². The van der Waals surface area contributed by atoms with Gasteiger partial charge in [0, 0.05) is 51.5 Å². The van der Waals surface area contributed by atoms with Gasteiger partial charge in [-0.3, -0.25) is 9.69 Å². The van der Waals surface area contributed by atoms with Crippen molar-refractivity contribution in [3.8, 4) is 6.07 Å². The van der Waals surface area contributed by atoms with Crippen LogP contribution in [0.5, 0.6) is 0 Å². The number of halogens is 1. The van der Waals surface area contributed by atoms with Gasteiger partial charge in [0.25, 0.3) is 0 Å². The van der Waals surface area contributed by atoms with Crippen LogP contribution in [0, 0.1) is 11.3 Å². The minimum Gasteiger partial charge on any atom is -0.353 e. The summed E-state index contributed by atoms with van der Waals surface area (Å²) in [7, 11) is 0. The lowest BCUT2D eigenvalue weighted by Gasteiger charge is -2.38. The summed E-state index contributed by atoms with van der Waals surface area (Å²) in [6, 6.07) is 5.92. The number of piperazine rings is 1. The summed E-state index contributed by atoms with van der Waals surface area (Å²) in [6.07, 6.45) is 2.09. The van der Waals surface area contributed by atoms with Crippen LogP contribution in [-0.4, -0.2) is 84.8 Å². The molecule has 0 aromatic carbocycles. The second-order valence-corrected chi connectivity index (χ2v) is 7.53. The molecule has 1 N–H and O–H groups in total. The third-order valence-corrected chi connectivity index (χ3v) is 5.89. The Morgan fingerprint density at radius 2 is 2.11 bits per heavy atom. The number of carbonyl (C=O) groups excluding carboxylic acids is 1. The summed E-state index contributed by atoms with van der Waals surface area (Å²) >= 11 is 0. The Hall–Kier alpha value is -2.24. The Bertz CT molecular complexity index is 729. The lowest BCUT2D eigenvalue weighted by molar-refractivity contribution is -0.132. The van der Waals surface area contributed by atoms with Crippen LogP contribution in [0.15, 0.2) is 18.3 Å². The van der Waals surface area contributed by atoms with E-state index in [-0.39, 0.29) is 18.5 Å². The first-order valence-electron chi connectivity index (χ1n) is 9.66. The van der Waals surface area contributed by atoms with Gasteiger partial charge in [0.05, 0.1) is 18.2 Å². The number of rotatable bonds is 3. The van der Waals surface area contributed by atoms with Gasteiger partial charge in [-0.25, -0.2) is 9.37 Å². The molecule has 0 spiro atoms. The second-order valence-electron chi connectivity index (χ2n) is 7.53. The number of aromatic nitrogens is 1. The molecule has 3 aliphatic heterocycles. The van der Waals surface area contributed by atoms with E-state index in [2.05, 4.69) is 26.2 Å². The smallest absolute Gasteiger partial charge is 0.239 e. The minimum atomic E-state index is -0.871. The van der Waals surface area contributed by atoms with Gasteiger partial charge in [-0.2, -0.15) is 5.26 Å². The van der Waals surface area contributed by atoms with Gasteiger partial charge < -0.3 is 15.1 Å². The van der Waals surface area contributed by atoms with Gasteiger partial charge in [0.1, 0.15) is 18.1 Å². The molecule has 3 atom stereocenters. The zero-order valence-electron chi connectivity index (χ0n) is 15.4. The zero-order valence-corrected chi connectivity index (χ0v) is 15.4. The van der Waals surface area contributed by atoms with E-state index >= 15 is 0 Å². The quantitative estimate of drug-likeness (QED) is 0.827. The molecule has 0 saturated carbocycles. The third-order valence-electron chi connectivity index (χ3n) is 5.89. The van der Waals surface area contributed by atoms with Gasteiger partial charge in [0.2, 0.25) is 5.91 Å². The van der Waals surface area contributed by atoms with Crippen molar-refractivity contribution in [3.05, 3.63) is 23.9 Å². The number of alkyl halides is 1. The maximum atomic E-state index is 13.4. The molecule has 4 rings (SSSR count). The van der Waals surface area contributed by atoms with E-state index in [1.54, 1.807) is 23.2 Å². The number of hydrogen-bond acceptors (Lipinski definition) is 6. The van der Waals surface area contributed by atoms with Crippen molar-refractivity contribution in [2.75, 3.05) is 50.7 Å². The molecular weight excluding hydrogens is 347 g/mol. The predicted octanol–water partition coefficient (Wildman–Crippen LogP) is 0.376. The summed E-state index contributed by atoms with van der Waals surface area (Å²) in [5, 5.41) is 12.6. The van der Waals surface area contributed by atoms with Crippen LogP contribution in [0.25, 0.3) is 0 Å². The highest BCUT2D eigenvalue weighted by Gasteiger charge is 2.38. The molecule has 1 amide bonds. The van der Waals surface area contributed by atoms with Gasteiger partial charge in [0.15, 0.2) is 0 Å². The summed E-state index contributed by atoms with van der Waals surface area (Å²) in [4.78, 5) is 23.2. The van der Waals surface area contributed by atoms with Gasteiger partial charge in [-0.1, -0.05) is 0 Å². The zero-order chi connectivity index (χ0) is 18.8. The highest BCUT2D eigenvalue weighted by molar-refractivity contribution is 5.82. The maximum absolute atomic E-state index is 13.4. The summed E-state index contributed by atoms with van der Waals surface area (Å²) in [5.41, 5.74) is 0.607. The first-order valence-corrected chi connectivity index (χ1v) is 9.66. The van der Waals surface area contributed by atoms with Crippen LogP contribution in [0.4, 0.5) is 10.2 Å². The topological polar surface area (TPSA) is 75.5 Å². The number of carbonyl (C=O) groups is 1. The fraction of sp³-hybridized carbons (Fsp3) is 0.632. The van der Waals surface area contributed by atoms with Gasteiger partial charge >= 0.3 is 0 Å². The second kappa shape index (κ2) is 7.79. The summed E-state index contributed by atoms with van der Waals surface area (Å²) < 4.78 is 13.4. The van der Waals surface area contributed by atoms with Crippen molar-refractivity contribution in [3.63, 3.8) is 0 Å². The van der Waals surface area contributed by atoms with Crippen molar-refractivity contribution in [2.45, 2.75) is 31.1 Å². The lowest BCUT2D eigenvalue weighted by Crippen LogP contribution is -2.51. The van der Waals surface area contributed by atoms with Crippen LogP contribution >= 0.6 is 0 Å². The Morgan fingerprint density at radius 1 is 1.30 bits per heavy atom. The van der Waals surface area contributed by atoms with Gasteiger partial charge in [-0.15, -0.1) is 0 Å². The molecule has 144 valence electrons. The molecule has 3 saturated heterocycles. The average Bonchev–Trinajstić information content (AvgIpc) is 3.37. The van der Waals surface area contributed by atoms with Crippen molar-refractivity contribution >= 4 is 11.7 Å². The number of hydrogen-bond donors (Lipinski definition) is 1.